The molecule has 7 nitrogen and oxygen atoms in total. The number of carboxylic acid groups (broad SMARTS) is 1. The monoisotopic (exact) mass is 374 g/mol. The van der Waals surface area contributed by atoms with Gasteiger partial charge in [0.2, 0.25) is 0 Å². The van der Waals surface area contributed by atoms with Gasteiger partial charge in [-0.3, -0.25) is 4.79 Å². The minimum Gasteiger partial charge on any atom is -0.504 e. The van der Waals surface area contributed by atoms with Crippen LogP contribution in [0.3, 0.4) is 0 Å². The van der Waals surface area contributed by atoms with Crippen molar-refractivity contribution in [3.63, 3.8) is 0 Å². The van der Waals surface area contributed by atoms with Gasteiger partial charge in [0.25, 0.3) is 0 Å². The smallest absolute Gasteiger partial charge is 0.317 e. The van der Waals surface area contributed by atoms with Crippen molar-refractivity contribution in [2.75, 3.05) is 27.2 Å². The highest BCUT2D eigenvalue weighted by molar-refractivity contribution is 5.69. The molecule has 1 spiro atoms. The van der Waals surface area contributed by atoms with E-state index < -0.39 is 11.6 Å². The van der Waals surface area contributed by atoms with E-state index in [1.807, 2.05) is 6.07 Å². The van der Waals surface area contributed by atoms with Crippen LogP contribution < -0.4 is 10.1 Å². The van der Waals surface area contributed by atoms with E-state index in [4.69, 9.17) is 14.6 Å². The summed E-state index contributed by atoms with van der Waals surface area (Å²) in [5.41, 5.74) is 1.56. The minimum atomic E-state index is -0.875. The van der Waals surface area contributed by atoms with Gasteiger partial charge in [0, 0.05) is 24.8 Å². The van der Waals surface area contributed by atoms with E-state index in [1.54, 1.807) is 13.2 Å². The van der Waals surface area contributed by atoms with Crippen LogP contribution in [0.5, 0.6) is 11.5 Å². The Morgan fingerprint density at radius 3 is 3.00 bits per heavy atom. The topological polar surface area (TPSA) is 91.3 Å². The molecule has 2 bridgehead atoms. The summed E-state index contributed by atoms with van der Waals surface area (Å²) in [5, 5.41) is 22.9. The number of methoxy groups -OCH3 is 1. The number of carboxylic acids is 1. The summed E-state index contributed by atoms with van der Waals surface area (Å²) in [6, 6.07) is 3.89. The van der Waals surface area contributed by atoms with Gasteiger partial charge in [0.15, 0.2) is 11.5 Å². The van der Waals surface area contributed by atoms with Crippen LogP contribution in [0.1, 0.15) is 30.4 Å². The predicted molar refractivity (Wildman–Crippen MR) is 97.3 cm³/mol. The zero-order chi connectivity index (χ0) is 19.0. The molecule has 2 aliphatic carbocycles. The lowest BCUT2D eigenvalue weighted by Gasteiger charge is -2.65. The first kappa shape index (κ1) is 17.3. The molecule has 1 aromatic carbocycles. The number of hydrogen-bond acceptors (Lipinski definition) is 6. The van der Waals surface area contributed by atoms with Crippen molar-refractivity contribution >= 4 is 5.97 Å². The van der Waals surface area contributed by atoms with Crippen LogP contribution >= 0.6 is 0 Å². The Labute approximate surface area is 158 Å². The number of nitrogens with zero attached hydrogens (tertiary/aromatic N) is 1. The molecule has 2 heterocycles. The zero-order valence-electron chi connectivity index (χ0n) is 15.7. The second-order valence-corrected chi connectivity index (χ2v) is 8.42. The Bertz CT molecular complexity index is 814. The third-order valence-electron chi connectivity index (χ3n) is 7.57. The van der Waals surface area contributed by atoms with Gasteiger partial charge in [-0.25, -0.2) is 0 Å². The van der Waals surface area contributed by atoms with E-state index in [-0.39, 0.29) is 35.9 Å². The fourth-order valence-electron chi connectivity index (χ4n) is 6.57. The third kappa shape index (κ3) is 1.94. The fourth-order valence-corrected chi connectivity index (χ4v) is 6.57. The molecule has 5 atom stereocenters. The Balaban J connectivity index is 1.71. The SMILES string of the molecule is CO[C@@]12CC[C@H](NCC(=O)O)[C@@H]3Oc4c(O)ccc5c4[C@@]31CCN(C)C2C5. The van der Waals surface area contributed by atoms with Crippen molar-refractivity contribution in [2.24, 2.45) is 0 Å². The van der Waals surface area contributed by atoms with Crippen molar-refractivity contribution < 1.29 is 24.5 Å². The van der Waals surface area contributed by atoms with Crippen LogP contribution in [0.2, 0.25) is 0 Å². The standard InChI is InChI=1S/C20H26N2O5/c1-22-8-7-19-16-11-3-4-13(23)17(16)27-18(19)12(21-10-15(24)25)5-6-20(19,26-2)14(22)9-11/h3-4,12,14,18,21,23H,5-10H2,1-2H3,(H,24,25)/t12-,14?,18-,19-,20+/m0/s1. The van der Waals surface area contributed by atoms with Crippen LogP contribution in [0.25, 0.3) is 0 Å². The average molecular weight is 374 g/mol. The van der Waals surface area contributed by atoms with Crippen molar-refractivity contribution in [2.45, 2.75) is 54.9 Å². The average Bonchev–Trinajstić information content (AvgIpc) is 3.01. The fraction of sp³-hybridized carbons (Fsp3) is 0.650. The summed E-state index contributed by atoms with van der Waals surface area (Å²) in [7, 11) is 3.95. The van der Waals surface area contributed by atoms with Crippen LogP contribution in [-0.4, -0.2) is 72.1 Å². The number of carbonyl (C=O) groups is 1. The lowest BCUT2D eigenvalue weighted by atomic mass is 9.48. The first-order valence-corrected chi connectivity index (χ1v) is 9.67. The van der Waals surface area contributed by atoms with E-state index in [0.29, 0.717) is 5.75 Å². The van der Waals surface area contributed by atoms with Gasteiger partial charge in [-0.15, -0.1) is 0 Å². The highest BCUT2D eigenvalue weighted by Crippen LogP contribution is 2.66. The number of ether oxygens (including phenoxy) is 2. The lowest BCUT2D eigenvalue weighted by Crippen LogP contribution is -2.78. The minimum absolute atomic E-state index is 0.0915. The quantitative estimate of drug-likeness (QED) is 0.720. The van der Waals surface area contributed by atoms with Crippen LogP contribution in [0, 0.1) is 0 Å². The number of piperidine rings is 1. The lowest BCUT2D eigenvalue weighted by molar-refractivity contribution is -0.203. The molecule has 7 heteroatoms. The van der Waals surface area contributed by atoms with E-state index in [0.717, 1.165) is 37.8 Å². The second kappa shape index (κ2) is 5.59. The molecule has 5 rings (SSSR count). The molecule has 27 heavy (non-hydrogen) atoms. The number of aliphatic carboxylic acids is 1. The van der Waals surface area contributed by atoms with Gasteiger partial charge in [-0.1, -0.05) is 6.07 Å². The largest absolute Gasteiger partial charge is 0.504 e. The third-order valence-corrected chi connectivity index (χ3v) is 7.57. The Morgan fingerprint density at radius 1 is 1.44 bits per heavy atom. The Hall–Kier alpha value is -1.83. The molecule has 1 saturated heterocycles. The summed E-state index contributed by atoms with van der Waals surface area (Å²) in [6.45, 7) is 0.828. The van der Waals surface area contributed by atoms with Crippen molar-refractivity contribution in [1.29, 1.82) is 0 Å². The number of likely N-dealkylation sites (tertiary alicyclic amines) is 1. The van der Waals surface area contributed by atoms with E-state index in [2.05, 4.69) is 17.3 Å². The van der Waals surface area contributed by atoms with Gasteiger partial charge in [0.1, 0.15) is 6.10 Å². The number of phenolic OH excluding ortho intramolecular Hbond substituents is 1. The molecule has 2 fully saturated rings. The molecule has 1 saturated carbocycles. The second-order valence-electron chi connectivity index (χ2n) is 8.42. The number of hydrogen-bond donors (Lipinski definition) is 3. The Morgan fingerprint density at radius 2 is 2.26 bits per heavy atom. The number of likely N-dealkylation sites (N-methyl/N-ethyl adjacent to an activating group) is 1. The van der Waals surface area contributed by atoms with E-state index in [9.17, 15) is 9.90 Å². The van der Waals surface area contributed by atoms with Crippen molar-refractivity contribution in [3.05, 3.63) is 23.3 Å². The highest BCUT2D eigenvalue weighted by atomic mass is 16.5. The molecule has 0 radical (unpaired) electrons. The molecule has 0 aromatic heterocycles. The van der Waals surface area contributed by atoms with Crippen LogP contribution in [-0.2, 0) is 21.4 Å². The highest BCUT2D eigenvalue weighted by Gasteiger charge is 2.73. The molecule has 4 aliphatic rings. The molecular formula is C20H26N2O5. The van der Waals surface area contributed by atoms with Gasteiger partial charge < -0.3 is 29.9 Å². The molecular weight excluding hydrogens is 348 g/mol. The molecule has 146 valence electrons. The molecule has 1 aromatic rings. The summed E-state index contributed by atoms with van der Waals surface area (Å²) in [4.78, 5) is 13.5. The summed E-state index contributed by atoms with van der Waals surface area (Å²) in [6.07, 6.45) is 3.11. The number of nitrogens with one attached hydrogen (secondary N) is 1. The first-order chi connectivity index (χ1) is 12.9. The summed E-state index contributed by atoms with van der Waals surface area (Å²) < 4.78 is 12.8. The molecule has 0 amide bonds. The molecule has 1 unspecified atom stereocenters. The maximum atomic E-state index is 11.1. The predicted octanol–water partition coefficient (Wildman–Crippen LogP) is 0.873. The summed E-state index contributed by atoms with van der Waals surface area (Å²) in [5.74, 6) is -0.136. The Kier molecular flexibility index (Phi) is 3.58. The van der Waals surface area contributed by atoms with Crippen molar-refractivity contribution in [3.8, 4) is 11.5 Å². The summed E-state index contributed by atoms with van der Waals surface area (Å²) >= 11 is 0. The van der Waals surface area contributed by atoms with Gasteiger partial charge in [-0.2, -0.15) is 0 Å². The van der Waals surface area contributed by atoms with Crippen molar-refractivity contribution in [1.82, 2.24) is 10.2 Å². The maximum absolute atomic E-state index is 11.1. The van der Waals surface area contributed by atoms with Gasteiger partial charge >= 0.3 is 5.97 Å². The zero-order valence-corrected chi connectivity index (χ0v) is 15.7. The normalized spacial score (nSPS) is 39.0. The number of phenols is 1. The molecule has 2 aliphatic heterocycles. The van der Waals surface area contributed by atoms with E-state index >= 15 is 0 Å². The number of aromatic hydroxyl groups is 1. The molecule has 3 N–H and O–H groups in total. The van der Waals surface area contributed by atoms with Crippen LogP contribution in [0.4, 0.5) is 0 Å². The van der Waals surface area contributed by atoms with Gasteiger partial charge in [0.05, 0.1) is 17.6 Å². The van der Waals surface area contributed by atoms with Crippen LogP contribution in [0.15, 0.2) is 12.1 Å². The maximum Gasteiger partial charge on any atom is 0.317 e. The van der Waals surface area contributed by atoms with E-state index in [1.165, 1.54) is 5.56 Å². The first-order valence-electron chi connectivity index (χ1n) is 9.67. The number of rotatable bonds is 4. The number of benzene rings is 1. The van der Waals surface area contributed by atoms with Gasteiger partial charge in [-0.05, 0) is 50.9 Å².